The number of nitrogens with zero attached hydrogens (tertiary/aromatic N) is 4. The molecule has 0 bridgehead atoms. The summed E-state index contributed by atoms with van der Waals surface area (Å²) in [7, 11) is 0. The molecule has 10 rings (SSSR count). The number of hydrogen-bond acceptors (Lipinski definition) is 2. The Labute approximate surface area is 240 Å². The van der Waals surface area contributed by atoms with E-state index in [2.05, 4.69) is 118 Å². The van der Waals surface area contributed by atoms with E-state index in [0.29, 0.717) is 0 Å². The van der Waals surface area contributed by atoms with Gasteiger partial charge in [0, 0.05) is 37.9 Å². The average Bonchev–Trinajstić information content (AvgIpc) is 3.69. The molecule has 10 aromatic rings. The van der Waals surface area contributed by atoms with E-state index < -0.39 is 0 Å². The van der Waals surface area contributed by atoms with Crippen LogP contribution in [0.25, 0.3) is 88.0 Å². The van der Waals surface area contributed by atoms with Crippen molar-refractivity contribution >= 4 is 70.9 Å². The monoisotopic (exact) mass is 534 g/mol. The van der Waals surface area contributed by atoms with Crippen LogP contribution in [0.15, 0.2) is 133 Å². The molecule has 194 valence electrons. The quantitative estimate of drug-likeness (QED) is 0.221. The summed E-state index contributed by atoms with van der Waals surface area (Å²) in [5.74, 6) is 0.841. The normalized spacial score (nSPS) is 12.3. The van der Waals surface area contributed by atoms with E-state index in [-0.39, 0.29) is 0 Å². The standard InChI is InChI=1S/C38H22N4/c1-2-12-23(13-3-1)35-38(40-30-18-8-7-17-29(30)39-35)42-32-20-10-5-15-25(32)28-22-27-24-14-4-9-19-31(24)41-33-21-11-6-16-26(33)34(36(27)41)37(28)42/h1-22H. The maximum absolute atomic E-state index is 5.36. The minimum Gasteiger partial charge on any atom is -0.308 e. The van der Waals surface area contributed by atoms with Gasteiger partial charge in [-0.2, -0.15) is 0 Å². The number of hydrogen-bond donors (Lipinski definition) is 0. The first-order valence-electron chi connectivity index (χ1n) is 14.3. The highest BCUT2D eigenvalue weighted by molar-refractivity contribution is 6.34. The van der Waals surface area contributed by atoms with E-state index in [1.807, 2.05) is 24.3 Å². The van der Waals surface area contributed by atoms with E-state index in [9.17, 15) is 0 Å². The third-order valence-electron chi connectivity index (χ3n) is 8.82. The lowest BCUT2D eigenvalue weighted by atomic mass is 10.0. The van der Waals surface area contributed by atoms with Crippen molar-refractivity contribution in [2.75, 3.05) is 0 Å². The van der Waals surface area contributed by atoms with Crippen LogP contribution in [0.2, 0.25) is 0 Å². The number of aromatic nitrogens is 4. The molecular weight excluding hydrogens is 512 g/mol. The Morgan fingerprint density at radius 1 is 0.429 bits per heavy atom. The van der Waals surface area contributed by atoms with Gasteiger partial charge in [0.15, 0.2) is 5.82 Å². The Bertz CT molecular complexity index is 2680. The van der Waals surface area contributed by atoms with Crippen molar-refractivity contribution in [2.24, 2.45) is 0 Å². The summed E-state index contributed by atoms with van der Waals surface area (Å²) in [5.41, 5.74) is 9.68. The van der Waals surface area contributed by atoms with Crippen LogP contribution in [0.5, 0.6) is 0 Å². The lowest BCUT2D eigenvalue weighted by Gasteiger charge is -2.14. The molecule has 4 aromatic heterocycles. The molecule has 0 spiro atoms. The van der Waals surface area contributed by atoms with E-state index in [1.165, 1.54) is 54.4 Å². The van der Waals surface area contributed by atoms with Crippen molar-refractivity contribution in [3.8, 4) is 17.1 Å². The summed E-state index contributed by atoms with van der Waals surface area (Å²) < 4.78 is 4.81. The van der Waals surface area contributed by atoms with Crippen molar-refractivity contribution in [3.63, 3.8) is 0 Å². The van der Waals surface area contributed by atoms with Crippen LogP contribution in [0.4, 0.5) is 0 Å². The maximum atomic E-state index is 5.36. The number of fused-ring (bicyclic) bond motifs is 11. The van der Waals surface area contributed by atoms with Crippen molar-refractivity contribution < 1.29 is 0 Å². The van der Waals surface area contributed by atoms with Crippen LogP contribution in [0.3, 0.4) is 0 Å². The van der Waals surface area contributed by atoms with Crippen LogP contribution in [0, 0.1) is 0 Å². The molecule has 0 unspecified atom stereocenters. The van der Waals surface area contributed by atoms with Gasteiger partial charge in [-0.1, -0.05) is 97.1 Å². The fourth-order valence-electron chi connectivity index (χ4n) is 7.11. The highest BCUT2D eigenvalue weighted by Gasteiger charge is 2.26. The largest absolute Gasteiger partial charge is 0.308 e. The van der Waals surface area contributed by atoms with E-state index in [1.54, 1.807) is 0 Å². The van der Waals surface area contributed by atoms with Crippen LogP contribution >= 0.6 is 0 Å². The SMILES string of the molecule is c1ccc(-c2nc3ccccc3nc2-n2c3ccccc3c3cc4c5ccccc5n5c6ccccc6c(c32)c45)cc1. The second kappa shape index (κ2) is 7.93. The van der Waals surface area contributed by atoms with Gasteiger partial charge in [-0.05, 0) is 36.4 Å². The summed E-state index contributed by atoms with van der Waals surface area (Å²) in [6.07, 6.45) is 0. The van der Waals surface area contributed by atoms with Crippen molar-refractivity contribution in [3.05, 3.63) is 133 Å². The van der Waals surface area contributed by atoms with Crippen LogP contribution in [-0.2, 0) is 0 Å². The molecule has 0 fully saturated rings. The molecule has 6 aromatic carbocycles. The zero-order chi connectivity index (χ0) is 27.4. The summed E-state index contributed by atoms with van der Waals surface area (Å²) in [6, 6.07) is 47.3. The van der Waals surface area contributed by atoms with E-state index in [0.717, 1.165) is 33.6 Å². The molecular formula is C38H22N4. The van der Waals surface area contributed by atoms with Gasteiger partial charge in [0.2, 0.25) is 0 Å². The molecule has 0 saturated carbocycles. The molecule has 0 aliphatic carbocycles. The summed E-state index contributed by atoms with van der Waals surface area (Å²) in [6.45, 7) is 0. The Morgan fingerprint density at radius 2 is 0.976 bits per heavy atom. The first-order valence-corrected chi connectivity index (χ1v) is 14.3. The highest BCUT2D eigenvalue weighted by Crippen LogP contribution is 2.46. The highest BCUT2D eigenvalue weighted by atomic mass is 15.1. The Kier molecular flexibility index (Phi) is 4.15. The summed E-state index contributed by atoms with van der Waals surface area (Å²) >= 11 is 0. The minimum atomic E-state index is 0.841. The maximum Gasteiger partial charge on any atom is 0.165 e. The van der Waals surface area contributed by atoms with Gasteiger partial charge < -0.3 is 4.40 Å². The van der Waals surface area contributed by atoms with Gasteiger partial charge in [0.05, 0.1) is 38.6 Å². The molecule has 4 nitrogen and oxygen atoms in total. The molecule has 0 amide bonds. The predicted molar refractivity (Wildman–Crippen MR) is 174 cm³/mol. The summed E-state index contributed by atoms with van der Waals surface area (Å²) in [4.78, 5) is 10.6. The van der Waals surface area contributed by atoms with Crippen molar-refractivity contribution in [1.82, 2.24) is 18.9 Å². The van der Waals surface area contributed by atoms with Crippen molar-refractivity contribution in [2.45, 2.75) is 0 Å². The Hall–Kier alpha value is -5.74. The van der Waals surface area contributed by atoms with E-state index in [4.69, 9.17) is 9.97 Å². The summed E-state index contributed by atoms with van der Waals surface area (Å²) in [5, 5.41) is 7.48. The topological polar surface area (TPSA) is 35.1 Å². The molecule has 0 saturated heterocycles. The smallest absolute Gasteiger partial charge is 0.165 e. The van der Waals surface area contributed by atoms with Gasteiger partial charge in [0.1, 0.15) is 5.69 Å². The van der Waals surface area contributed by atoms with Gasteiger partial charge in [-0.25, -0.2) is 9.97 Å². The lowest BCUT2D eigenvalue weighted by Crippen LogP contribution is -2.03. The molecule has 0 aliphatic heterocycles. The van der Waals surface area contributed by atoms with E-state index >= 15 is 0 Å². The van der Waals surface area contributed by atoms with Gasteiger partial charge >= 0.3 is 0 Å². The zero-order valence-corrected chi connectivity index (χ0v) is 22.5. The molecule has 4 heterocycles. The van der Waals surface area contributed by atoms with Gasteiger partial charge in [-0.15, -0.1) is 0 Å². The molecule has 4 heteroatoms. The first kappa shape index (κ1) is 22.0. The minimum absolute atomic E-state index is 0.841. The average molecular weight is 535 g/mol. The molecule has 0 N–H and O–H groups in total. The zero-order valence-electron chi connectivity index (χ0n) is 22.5. The van der Waals surface area contributed by atoms with Crippen LogP contribution in [0.1, 0.15) is 0 Å². The third-order valence-corrected chi connectivity index (χ3v) is 8.82. The Morgan fingerprint density at radius 3 is 1.74 bits per heavy atom. The third kappa shape index (κ3) is 2.71. The fraction of sp³-hybridized carbons (Fsp3) is 0. The number of rotatable bonds is 2. The number of benzene rings is 6. The first-order chi connectivity index (χ1) is 20.9. The van der Waals surface area contributed by atoms with Gasteiger partial charge in [0.25, 0.3) is 0 Å². The molecule has 0 radical (unpaired) electrons. The van der Waals surface area contributed by atoms with Crippen molar-refractivity contribution in [1.29, 1.82) is 0 Å². The lowest BCUT2D eigenvalue weighted by molar-refractivity contribution is 1.08. The van der Waals surface area contributed by atoms with Crippen LogP contribution in [-0.4, -0.2) is 18.9 Å². The molecule has 0 aliphatic rings. The number of para-hydroxylation sites is 5. The second-order valence-electron chi connectivity index (χ2n) is 11.0. The molecule has 0 atom stereocenters. The second-order valence-corrected chi connectivity index (χ2v) is 11.0. The fourth-order valence-corrected chi connectivity index (χ4v) is 7.11. The van der Waals surface area contributed by atoms with Crippen LogP contribution < -0.4 is 0 Å². The van der Waals surface area contributed by atoms with Gasteiger partial charge in [-0.3, -0.25) is 4.57 Å². The molecule has 42 heavy (non-hydrogen) atoms. The Balaban J connectivity index is 1.51. The predicted octanol–water partition coefficient (Wildman–Crippen LogP) is 9.54.